The van der Waals surface area contributed by atoms with Crippen LogP contribution in [-0.4, -0.2) is 30.9 Å². The minimum absolute atomic E-state index is 0.0610. The molecule has 1 N–H and O–H groups in total. The zero-order valence-corrected chi connectivity index (χ0v) is 11.4. The maximum atomic E-state index is 11.3. The maximum Gasteiger partial charge on any atom is 0.274 e. The average molecular weight is 284 g/mol. The minimum atomic E-state index is -2.88. The van der Waals surface area contributed by atoms with Crippen LogP contribution in [0.5, 0.6) is 0 Å². The Morgan fingerprint density at radius 1 is 1.32 bits per heavy atom. The van der Waals surface area contributed by atoms with E-state index in [4.69, 9.17) is 0 Å². The summed E-state index contributed by atoms with van der Waals surface area (Å²) in [6.07, 6.45) is 1.09. The molecule has 0 unspecified atom stereocenters. The van der Waals surface area contributed by atoms with Crippen molar-refractivity contribution in [1.82, 2.24) is 0 Å². The third-order valence-corrected chi connectivity index (χ3v) is 5.05. The first-order valence-corrected chi connectivity index (χ1v) is 7.91. The molecule has 7 heteroatoms. The molecule has 1 heterocycles. The van der Waals surface area contributed by atoms with Crippen LogP contribution in [0.25, 0.3) is 0 Å². The second kappa shape index (κ2) is 5.16. The van der Waals surface area contributed by atoms with E-state index in [-0.39, 0.29) is 23.2 Å². The third-order valence-electron chi connectivity index (χ3n) is 3.33. The smallest absolute Gasteiger partial charge is 0.274 e. The van der Waals surface area contributed by atoms with E-state index in [0.717, 1.165) is 0 Å². The van der Waals surface area contributed by atoms with Crippen LogP contribution in [0.15, 0.2) is 18.2 Å². The molecule has 1 aliphatic heterocycles. The highest BCUT2D eigenvalue weighted by atomic mass is 32.2. The normalized spacial score (nSPS) is 19.0. The van der Waals surface area contributed by atoms with Crippen LogP contribution in [-0.2, 0) is 9.84 Å². The van der Waals surface area contributed by atoms with Crippen molar-refractivity contribution in [1.29, 1.82) is 0 Å². The van der Waals surface area contributed by atoms with Gasteiger partial charge in [0.1, 0.15) is 9.84 Å². The molecule has 0 atom stereocenters. The third kappa shape index (κ3) is 3.44. The highest BCUT2D eigenvalue weighted by Crippen LogP contribution is 2.24. The molecule has 0 aliphatic carbocycles. The quantitative estimate of drug-likeness (QED) is 0.676. The van der Waals surface area contributed by atoms with Gasteiger partial charge in [-0.2, -0.15) is 0 Å². The zero-order valence-electron chi connectivity index (χ0n) is 10.6. The van der Waals surface area contributed by atoms with Crippen LogP contribution >= 0.6 is 0 Å². The van der Waals surface area contributed by atoms with Gasteiger partial charge in [0.15, 0.2) is 0 Å². The first-order valence-electron chi connectivity index (χ1n) is 6.09. The molecule has 6 nitrogen and oxygen atoms in total. The van der Waals surface area contributed by atoms with E-state index in [9.17, 15) is 18.5 Å². The monoisotopic (exact) mass is 284 g/mol. The van der Waals surface area contributed by atoms with Gasteiger partial charge in [0.05, 0.1) is 16.4 Å². The fourth-order valence-electron chi connectivity index (χ4n) is 2.17. The van der Waals surface area contributed by atoms with Crippen molar-refractivity contribution in [3.63, 3.8) is 0 Å². The van der Waals surface area contributed by atoms with E-state index < -0.39 is 14.8 Å². The lowest BCUT2D eigenvalue weighted by Gasteiger charge is -2.24. The summed E-state index contributed by atoms with van der Waals surface area (Å²) in [7, 11) is -2.88. The Bertz CT molecular complexity index is 584. The lowest BCUT2D eigenvalue weighted by atomic mass is 10.1. The number of nitro benzene ring substituents is 1. The Morgan fingerprint density at radius 2 is 1.95 bits per heavy atom. The Labute approximate surface area is 111 Å². The predicted molar refractivity (Wildman–Crippen MR) is 73.1 cm³/mol. The zero-order chi connectivity index (χ0) is 14.0. The highest BCUT2D eigenvalue weighted by molar-refractivity contribution is 7.91. The number of nitrogens with one attached hydrogen (secondary N) is 1. The molecule has 1 fully saturated rings. The van der Waals surface area contributed by atoms with Crippen LogP contribution in [0.4, 0.5) is 11.4 Å². The molecule has 0 amide bonds. The number of nitro groups is 1. The fraction of sp³-hybridized carbons (Fsp3) is 0.500. The molecule has 0 aromatic heterocycles. The molecule has 1 aromatic rings. The van der Waals surface area contributed by atoms with Crippen molar-refractivity contribution >= 4 is 21.2 Å². The van der Waals surface area contributed by atoms with Gasteiger partial charge in [0, 0.05) is 23.4 Å². The molecule has 104 valence electrons. The standard InChI is InChI=1S/C12H16N2O4S/c1-9-2-3-11(8-12(9)14(15)16)13-10-4-6-19(17,18)7-5-10/h2-3,8,10,13H,4-7H2,1H3. The molecule has 1 saturated heterocycles. The van der Waals surface area contributed by atoms with Crippen LogP contribution in [0.3, 0.4) is 0 Å². The van der Waals surface area contributed by atoms with E-state index in [1.165, 1.54) is 6.07 Å². The lowest BCUT2D eigenvalue weighted by molar-refractivity contribution is -0.385. The molecular formula is C12H16N2O4S. The largest absolute Gasteiger partial charge is 0.382 e. The van der Waals surface area contributed by atoms with E-state index in [1.54, 1.807) is 19.1 Å². The number of aryl methyl sites for hydroxylation is 1. The molecule has 1 aromatic carbocycles. The number of sulfone groups is 1. The summed E-state index contributed by atoms with van der Waals surface area (Å²) in [5.74, 6) is 0.358. The SMILES string of the molecule is Cc1ccc(NC2CCS(=O)(=O)CC2)cc1[N+](=O)[O-]. The Balaban J connectivity index is 2.08. The van der Waals surface area contributed by atoms with Gasteiger partial charge in [0.25, 0.3) is 5.69 Å². The molecule has 0 spiro atoms. The number of hydrogen-bond acceptors (Lipinski definition) is 5. The van der Waals surface area contributed by atoms with E-state index in [1.807, 2.05) is 0 Å². The second-order valence-corrected chi connectivity index (χ2v) is 7.13. The lowest BCUT2D eigenvalue weighted by Crippen LogP contribution is -2.32. The van der Waals surface area contributed by atoms with Crippen LogP contribution < -0.4 is 5.32 Å². The Morgan fingerprint density at radius 3 is 2.53 bits per heavy atom. The number of benzene rings is 1. The van der Waals surface area contributed by atoms with E-state index in [0.29, 0.717) is 24.1 Å². The van der Waals surface area contributed by atoms with Crippen molar-refractivity contribution in [2.45, 2.75) is 25.8 Å². The Kier molecular flexibility index (Phi) is 3.75. The fourth-order valence-corrected chi connectivity index (χ4v) is 3.66. The number of nitrogens with zero attached hydrogens (tertiary/aromatic N) is 1. The van der Waals surface area contributed by atoms with Crippen molar-refractivity contribution < 1.29 is 13.3 Å². The number of anilines is 1. The molecule has 0 saturated carbocycles. The average Bonchev–Trinajstić information content (AvgIpc) is 2.34. The van der Waals surface area contributed by atoms with Crippen molar-refractivity contribution in [3.8, 4) is 0 Å². The van der Waals surface area contributed by atoms with E-state index in [2.05, 4.69) is 5.32 Å². The van der Waals surface area contributed by atoms with Gasteiger partial charge >= 0.3 is 0 Å². The molecular weight excluding hydrogens is 268 g/mol. The summed E-state index contributed by atoms with van der Waals surface area (Å²) in [6.45, 7) is 1.69. The summed E-state index contributed by atoms with van der Waals surface area (Å²) in [5.41, 5.74) is 1.36. The van der Waals surface area contributed by atoms with Gasteiger partial charge in [-0.1, -0.05) is 6.07 Å². The first kappa shape index (κ1) is 13.8. The van der Waals surface area contributed by atoms with Gasteiger partial charge < -0.3 is 5.32 Å². The van der Waals surface area contributed by atoms with Crippen molar-refractivity contribution in [2.75, 3.05) is 16.8 Å². The highest BCUT2D eigenvalue weighted by Gasteiger charge is 2.23. The predicted octanol–water partition coefficient (Wildman–Crippen LogP) is 1.89. The number of rotatable bonds is 3. The summed E-state index contributed by atoms with van der Waals surface area (Å²) in [4.78, 5) is 10.4. The van der Waals surface area contributed by atoms with Gasteiger partial charge in [-0.15, -0.1) is 0 Å². The van der Waals surface area contributed by atoms with Gasteiger partial charge in [0.2, 0.25) is 0 Å². The summed E-state index contributed by atoms with van der Waals surface area (Å²) in [6, 6.07) is 5.04. The molecule has 0 radical (unpaired) electrons. The van der Waals surface area contributed by atoms with Gasteiger partial charge in [-0.05, 0) is 25.8 Å². The maximum absolute atomic E-state index is 11.3. The molecule has 0 bridgehead atoms. The number of hydrogen-bond donors (Lipinski definition) is 1. The Hall–Kier alpha value is -1.63. The summed E-state index contributed by atoms with van der Waals surface area (Å²) >= 11 is 0. The van der Waals surface area contributed by atoms with Gasteiger partial charge in [-0.25, -0.2) is 8.42 Å². The topological polar surface area (TPSA) is 89.3 Å². The van der Waals surface area contributed by atoms with Crippen LogP contribution in [0.2, 0.25) is 0 Å². The molecule has 1 aliphatic rings. The minimum Gasteiger partial charge on any atom is -0.382 e. The summed E-state index contributed by atoms with van der Waals surface area (Å²) in [5, 5.41) is 14.0. The first-order chi connectivity index (χ1) is 8.87. The van der Waals surface area contributed by atoms with Crippen LogP contribution in [0.1, 0.15) is 18.4 Å². The second-order valence-electron chi connectivity index (χ2n) is 4.83. The van der Waals surface area contributed by atoms with Gasteiger partial charge in [-0.3, -0.25) is 10.1 Å². The molecule has 19 heavy (non-hydrogen) atoms. The molecule has 2 rings (SSSR count). The van der Waals surface area contributed by atoms with Crippen LogP contribution in [0, 0.1) is 17.0 Å². The van der Waals surface area contributed by atoms with Crippen molar-refractivity contribution in [3.05, 3.63) is 33.9 Å². The van der Waals surface area contributed by atoms with Crippen molar-refractivity contribution in [2.24, 2.45) is 0 Å². The van der Waals surface area contributed by atoms with E-state index >= 15 is 0 Å². The summed E-state index contributed by atoms with van der Waals surface area (Å²) < 4.78 is 22.6.